The van der Waals surface area contributed by atoms with Gasteiger partial charge in [0.25, 0.3) is 27.7 Å². The Morgan fingerprint density at radius 3 is 2.15 bits per heavy atom. The molecule has 0 saturated carbocycles. The molecule has 0 spiro atoms. The third-order valence-corrected chi connectivity index (χ3v) is 9.31. The molecule has 2 atom stereocenters. The van der Waals surface area contributed by atoms with Gasteiger partial charge in [0.1, 0.15) is 4.91 Å². The summed E-state index contributed by atoms with van der Waals surface area (Å²) in [6.45, 7) is 11.9. The molecule has 12 heteroatoms. The smallest absolute Gasteiger partial charge is 0.265 e. The van der Waals surface area contributed by atoms with Gasteiger partial charge in [-0.1, -0.05) is 77.8 Å². The number of hydrogen-bond donors (Lipinski definition) is 4. The van der Waals surface area contributed by atoms with E-state index in [1.165, 1.54) is 18.2 Å². The van der Waals surface area contributed by atoms with Crippen molar-refractivity contribution in [2.45, 2.75) is 85.2 Å². The predicted octanol–water partition coefficient (Wildman–Crippen LogP) is 4.01. The topological polar surface area (TPSA) is 154 Å². The lowest BCUT2D eigenvalue weighted by atomic mass is 10.0. The average molecular weight is 682 g/mol. The molecule has 4 N–H and O–H groups in total. The maximum atomic E-state index is 14.0. The van der Waals surface area contributed by atoms with Gasteiger partial charge in [-0.3, -0.25) is 19.2 Å². The van der Waals surface area contributed by atoms with Gasteiger partial charge < -0.3 is 20.9 Å². The molecule has 0 fully saturated rings. The van der Waals surface area contributed by atoms with Crippen LogP contribution < -0.4 is 20.7 Å². The summed E-state index contributed by atoms with van der Waals surface area (Å²) < 4.78 is 27.5. The van der Waals surface area contributed by atoms with Crippen LogP contribution in [0.25, 0.3) is 4.91 Å². The van der Waals surface area contributed by atoms with Crippen LogP contribution in [-0.4, -0.2) is 75.2 Å². The first-order valence-corrected chi connectivity index (χ1v) is 18.5. The Kier molecular flexibility index (Phi) is 14.8. The number of carbonyl (C=O) groups excluding carboxylic acids is 4. The van der Waals surface area contributed by atoms with Crippen molar-refractivity contribution in [3.63, 3.8) is 0 Å². The minimum absolute atomic E-state index is 0.0662. The molecule has 2 aromatic carbocycles. The van der Waals surface area contributed by atoms with Crippen LogP contribution in [0.3, 0.4) is 0 Å². The van der Waals surface area contributed by atoms with Crippen LogP contribution in [0.4, 0.5) is 0 Å². The van der Waals surface area contributed by atoms with E-state index in [-0.39, 0.29) is 40.0 Å². The van der Waals surface area contributed by atoms with Crippen LogP contribution in [0, 0.1) is 5.92 Å². The summed E-state index contributed by atoms with van der Waals surface area (Å²) in [4.78, 5) is 54.1. The van der Waals surface area contributed by atoms with Crippen LogP contribution in [-0.2, 0) is 26.0 Å². The normalized spacial score (nSPS) is 15.0. The molecule has 4 amide bonds. The van der Waals surface area contributed by atoms with E-state index >= 15 is 0 Å². The Labute approximate surface area is 285 Å². The van der Waals surface area contributed by atoms with Gasteiger partial charge in [-0.15, -0.1) is 0 Å². The second-order valence-electron chi connectivity index (χ2n) is 12.7. The Bertz CT molecular complexity index is 1550. The minimum atomic E-state index is -4.17. The number of nitrogens with one attached hydrogen (secondary N) is 4. The highest BCUT2D eigenvalue weighted by Crippen LogP contribution is 2.27. The number of amides is 4. The number of nitrogens with zero attached hydrogens (tertiary/aromatic N) is 1. The van der Waals surface area contributed by atoms with E-state index in [0.29, 0.717) is 38.4 Å². The zero-order valence-electron chi connectivity index (χ0n) is 28.8. The second kappa shape index (κ2) is 18.5. The molecule has 0 unspecified atom stereocenters. The van der Waals surface area contributed by atoms with Crippen molar-refractivity contribution < 1.29 is 27.6 Å². The molecule has 1 aliphatic heterocycles. The number of benzene rings is 2. The van der Waals surface area contributed by atoms with Crippen molar-refractivity contribution in [2.24, 2.45) is 5.92 Å². The van der Waals surface area contributed by atoms with E-state index < -0.39 is 33.9 Å². The molecule has 1 aliphatic rings. The number of carbonyl (C=O) groups is 4. The highest BCUT2D eigenvalue weighted by atomic mass is 32.2. The highest BCUT2D eigenvalue weighted by molar-refractivity contribution is 7.99. The van der Waals surface area contributed by atoms with E-state index in [1.54, 1.807) is 4.90 Å². The van der Waals surface area contributed by atoms with Gasteiger partial charge in [0.05, 0.1) is 6.04 Å². The lowest BCUT2D eigenvalue weighted by Gasteiger charge is -2.25. The first-order valence-electron chi connectivity index (χ1n) is 17.0. The lowest BCUT2D eigenvalue weighted by molar-refractivity contribution is -0.123. The van der Waals surface area contributed by atoms with Crippen molar-refractivity contribution in [3.8, 4) is 0 Å². The van der Waals surface area contributed by atoms with Gasteiger partial charge in [-0.05, 0) is 60.9 Å². The van der Waals surface area contributed by atoms with Gasteiger partial charge in [-0.2, -0.15) is 0 Å². The van der Waals surface area contributed by atoms with Crippen molar-refractivity contribution in [1.82, 2.24) is 25.6 Å². The summed E-state index contributed by atoms with van der Waals surface area (Å²) in [5, 5.41) is 9.45. The average Bonchev–Trinajstić information content (AvgIpc) is 3.34. The summed E-state index contributed by atoms with van der Waals surface area (Å²) in [5.74, 6) is -1.43. The van der Waals surface area contributed by atoms with Gasteiger partial charge >= 0.3 is 0 Å². The third kappa shape index (κ3) is 11.3. The van der Waals surface area contributed by atoms with Crippen LogP contribution in [0.5, 0.6) is 0 Å². The van der Waals surface area contributed by atoms with Gasteiger partial charge in [0.2, 0.25) is 5.91 Å². The Hall–Kier alpha value is -4.03. The molecule has 0 saturated heterocycles. The van der Waals surface area contributed by atoms with E-state index in [4.69, 9.17) is 0 Å². The fourth-order valence-electron chi connectivity index (χ4n) is 5.50. The summed E-state index contributed by atoms with van der Waals surface area (Å²) in [6, 6.07) is 13.0. The fraction of sp³-hybridized carbons (Fsp3) is 0.500. The van der Waals surface area contributed by atoms with Gasteiger partial charge in [-0.25, -0.2) is 13.1 Å². The fourth-order valence-corrected chi connectivity index (χ4v) is 6.63. The molecule has 0 aliphatic carbocycles. The molecule has 0 bridgehead atoms. The molecule has 2 aromatic rings. The Balaban J connectivity index is 1.97. The van der Waals surface area contributed by atoms with E-state index in [2.05, 4.69) is 22.9 Å². The molecule has 0 aromatic heterocycles. The van der Waals surface area contributed by atoms with Crippen molar-refractivity contribution in [3.05, 3.63) is 76.9 Å². The quantitative estimate of drug-likeness (QED) is 0.175. The molecule has 262 valence electrons. The van der Waals surface area contributed by atoms with Gasteiger partial charge in [0, 0.05) is 49.4 Å². The molecule has 1 heterocycles. The highest BCUT2D eigenvalue weighted by Gasteiger charge is 2.31. The van der Waals surface area contributed by atoms with Crippen molar-refractivity contribution in [2.75, 3.05) is 26.2 Å². The first-order chi connectivity index (χ1) is 22.9. The standard InChI is InChI=1S/C36H51N5O6S/c1-6-9-15-31(35(44)38-23-25(4)5)37-24-30(18-26-13-11-10-12-14-26)39-34(43)28-19-27(32-22-33(42)40-48(32,46)47)20-29(21-28)36(45)41(16-7-2)17-8-3/h10-14,19-22,25,30-31,37H,6-9,15-18,23-24H2,1-5H3,(H,38,44)(H,39,43)(H,40,42)/t30-,31+/m1/s1. The van der Waals surface area contributed by atoms with Crippen LogP contribution in [0.1, 0.15) is 98.6 Å². The maximum absolute atomic E-state index is 14.0. The minimum Gasteiger partial charge on any atom is -0.354 e. The maximum Gasteiger partial charge on any atom is 0.265 e. The zero-order valence-corrected chi connectivity index (χ0v) is 29.6. The number of unbranched alkanes of at least 4 members (excludes halogenated alkanes) is 1. The molecule has 0 radical (unpaired) electrons. The number of sulfonamides is 1. The predicted molar refractivity (Wildman–Crippen MR) is 189 cm³/mol. The Morgan fingerprint density at radius 2 is 1.56 bits per heavy atom. The largest absolute Gasteiger partial charge is 0.354 e. The van der Waals surface area contributed by atoms with Crippen LogP contribution >= 0.6 is 0 Å². The summed E-state index contributed by atoms with van der Waals surface area (Å²) >= 11 is 0. The lowest BCUT2D eigenvalue weighted by Crippen LogP contribution is -2.51. The molecule has 11 nitrogen and oxygen atoms in total. The Morgan fingerprint density at radius 1 is 0.896 bits per heavy atom. The molecule has 3 rings (SSSR count). The molecule has 48 heavy (non-hydrogen) atoms. The second-order valence-corrected chi connectivity index (χ2v) is 14.3. The van der Waals surface area contributed by atoms with E-state index in [9.17, 15) is 27.6 Å². The van der Waals surface area contributed by atoms with E-state index in [0.717, 1.165) is 37.3 Å². The van der Waals surface area contributed by atoms with Gasteiger partial charge in [0.15, 0.2) is 0 Å². The summed E-state index contributed by atoms with van der Waals surface area (Å²) in [5.41, 5.74) is 1.27. The van der Waals surface area contributed by atoms with Crippen LogP contribution in [0.15, 0.2) is 54.6 Å². The van der Waals surface area contributed by atoms with Crippen molar-refractivity contribution in [1.29, 1.82) is 0 Å². The zero-order chi connectivity index (χ0) is 35.3. The SMILES string of the molecule is CCCC[C@H](NC[C@@H](Cc1ccccc1)NC(=O)c1cc(C(=O)N(CCC)CCC)cc(C2=CC(=O)NS2(=O)=O)c1)C(=O)NCC(C)C. The number of rotatable bonds is 19. The monoisotopic (exact) mass is 681 g/mol. The number of hydrogen-bond acceptors (Lipinski definition) is 7. The molecular weight excluding hydrogens is 630 g/mol. The van der Waals surface area contributed by atoms with Crippen molar-refractivity contribution >= 4 is 38.6 Å². The van der Waals surface area contributed by atoms with E-state index in [1.807, 2.05) is 62.7 Å². The summed E-state index contributed by atoms with van der Waals surface area (Å²) in [6.07, 6.45) is 5.28. The summed E-state index contributed by atoms with van der Waals surface area (Å²) in [7, 11) is -4.17. The third-order valence-electron chi connectivity index (χ3n) is 7.91. The first kappa shape index (κ1) is 38.4. The van der Waals surface area contributed by atoms with Crippen LogP contribution in [0.2, 0.25) is 0 Å². The molecular formula is C36H51N5O6S.